The molecule has 4 aromatic heterocycles. The lowest BCUT2D eigenvalue weighted by atomic mass is 10.0. The van der Waals surface area contributed by atoms with Gasteiger partial charge in [-0.3, -0.25) is 4.40 Å². The second-order valence-electron chi connectivity index (χ2n) is 8.98. The van der Waals surface area contributed by atoms with Crippen molar-refractivity contribution in [3.63, 3.8) is 0 Å². The molecule has 0 spiro atoms. The molecular weight excluding hydrogens is 501 g/mol. The SMILES string of the molecule is CCS(=O)(=O)c1c(-c2nc3cc(C(F)(F)F)cnc3n2C)nc2cc(OC(N)=O)cc(C3(C)CC3)n12. The highest BCUT2D eigenvalue weighted by Crippen LogP contribution is 2.49. The number of aryl methyl sites for hydroxylation is 1. The highest BCUT2D eigenvalue weighted by molar-refractivity contribution is 7.91. The lowest BCUT2D eigenvalue weighted by Crippen LogP contribution is -2.18. The van der Waals surface area contributed by atoms with Crippen LogP contribution in [-0.4, -0.2) is 44.2 Å². The summed E-state index contributed by atoms with van der Waals surface area (Å²) in [5.74, 6) is -0.141. The fourth-order valence-electron chi connectivity index (χ4n) is 4.19. The number of nitrogens with zero attached hydrogens (tertiary/aromatic N) is 5. The molecule has 36 heavy (non-hydrogen) atoms. The largest absolute Gasteiger partial charge is 0.417 e. The standard InChI is InChI=1S/C22H21F3N6O4S/c1-4-36(33,34)19-16(18-28-13-7-11(22(23,24)25)10-27-17(13)30(18)3)29-15-9-12(35-20(26)32)8-14(31(15)19)21(2)5-6-21/h7-10H,4-6H2,1-3H3,(H2,26,32). The molecule has 1 aliphatic carbocycles. The van der Waals surface area contributed by atoms with E-state index in [0.29, 0.717) is 11.9 Å². The zero-order chi connectivity index (χ0) is 26.2. The zero-order valence-corrected chi connectivity index (χ0v) is 20.2. The maximum atomic E-state index is 13.4. The number of carbonyl (C=O) groups is 1. The summed E-state index contributed by atoms with van der Waals surface area (Å²) in [6, 6.07) is 3.78. The van der Waals surface area contributed by atoms with Crippen molar-refractivity contribution in [2.75, 3.05) is 5.75 Å². The summed E-state index contributed by atoms with van der Waals surface area (Å²) >= 11 is 0. The molecule has 1 amide bonds. The number of aromatic nitrogens is 5. The van der Waals surface area contributed by atoms with Crippen molar-refractivity contribution in [2.45, 2.75) is 43.3 Å². The van der Waals surface area contributed by atoms with Crippen molar-refractivity contribution in [3.8, 4) is 17.3 Å². The van der Waals surface area contributed by atoms with Gasteiger partial charge >= 0.3 is 12.3 Å². The second kappa shape index (κ2) is 7.66. The van der Waals surface area contributed by atoms with Crippen LogP contribution in [0.3, 0.4) is 0 Å². The van der Waals surface area contributed by atoms with Crippen LogP contribution < -0.4 is 10.5 Å². The van der Waals surface area contributed by atoms with Gasteiger partial charge in [0.25, 0.3) is 0 Å². The maximum absolute atomic E-state index is 13.4. The van der Waals surface area contributed by atoms with Gasteiger partial charge in [-0.05, 0) is 18.9 Å². The molecule has 1 fully saturated rings. The van der Waals surface area contributed by atoms with Crippen LogP contribution >= 0.6 is 0 Å². The van der Waals surface area contributed by atoms with Crippen LogP contribution in [0.5, 0.6) is 5.75 Å². The Hall–Kier alpha value is -3.68. The average Bonchev–Trinajstić information content (AvgIpc) is 3.29. The predicted molar refractivity (Wildman–Crippen MR) is 122 cm³/mol. The third-order valence-corrected chi connectivity index (χ3v) is 8.14. The minimum Gasteiger partial charge on any atom is -0.410 e. The lowest BCUT2D eigenvalue weighted by Gasteiger charge is -2.16. The molecule has 190 valence electrons. The number of hydrogen-bond donors (Lipinski definition) is 1. The van der Waals surface area contributed by atoms with Crippen LogP contribution in [0, 0.1) is 0 Å². The highest BCUT2D eigenvalue weighted by atomic mass is 32.2. The van der Waals surface area contributed by atoms with Gasteiger partial charge in [0, 0.05) is 36.5 Å². The van der Waals surface area contributed by atoms with Gasteiger partial charge in [-0.25, -0.2) is 28.2 Å². The molecule has 14 heteroatoms. The Morgan fingerprint density at radius 3 is 2.50 bits per heavy atom. The summed E-state index contributed by atoms with van der Waals surface area (Å²) in [4.78, 5) is 24.1. The molecule has 0 unspecified atom stereocenters. The van der Waals surface area contributed by atoms with E-state index < -0.39 is 33.1 Å². The number of amides is 1. The number of sulfone groups is 1. The summed E-state index contributed by atoms with van der Waals surface area (Å²) in [7, 11) is -2.41. The number of hydrogen-bond acceptors (Lipinski definition) is 7. The highest BCUT2D eigenvalue weighted by Gasteiger charge is 2.43. The molecule has 0 atom stereocenters. The van der Waals surface area contributed by atoms with Crippen LogP contribution in [0.15, 0.2) is 29.4 Å². The zero-order valence-electron chi connectivity index (χ0n) is 19.4. The van der Waals surface area contributed by atoms with E-state index in [0.717, 1.165) is 18.9 Å². The fraction of sp³-hybridized carbons (Fsp3) is 0.364. The van der Waals surface area contributed by atoms with Gasteiger partial charge in [0.15, 0.2) is 26.3 Å². The molecule has 0 aromatic carbocycles. The van der Waals surface area contributed by atoms with E-state index in [4.69, 9.17) is 10.5 Å². The maximum Gasteiger partial charge on any atom is 0.417 e. The molecule has 4 heterocycles. The van der Waals surface area contributed by atoms with Gasteiger partial charge in [0.05, 0.1) is 11.3 Å². The second-order valence-corrected chi connectivity index (χ2v) is 11.2. The van der Waals surface area contributed by atoms with Crippen molar-refractivity contribution in [1.82, 2.24) is 23.9 Å². The number of alkyl halides is 3. The van der Waals surface area contributed by atoms with Gasteiger partial charge in [-0.1, -0.05) is 13.8 Å². The lowest BCUT2D eigenvalue weighted by molar-refractivity contribution is -0.137. The van der Waals surface area contributed by atoms with E-state index in [9.17, 15) is 26.4 Å². The number of imidazole rings is 2. The van der Waals surface area contributed by atoms with E-state index in [-0.39, 0.29) is 44.9 Å². The normalized spacial score (nSPS) is 15.5. The summed E-state index contributed by atoms with van der Waals surface area (Å²) < 4.78 is 74.4. The van der Waals surface area contributed by atoms with Crippen molar-refractivity contribution >= 4 is 32.7 Å². The van der Waals surface area contributed by atoms with Crippen LogP contribution in [0.4, 0.5) is 18.0 Å². The molecule has 10 nitrogen and oxygen atoms in total. The molecule has 0 saturated heterocycles. The quantitative estimate of drug-likeness (QED) is 0.423. The van der Waals surface area contributed by atoms with Gasteiger partial charge in [0.1, 0.15) is 22.6 Å². The van der Waals surface area contributed by atoms with Crippen LogP contribution in [0.1, 0.15) is 37.9 Å². The van der Waals surface area contributed by atoms with Gasteiger partial charge in [-0.2, -0.15) is 13.2 Å². The topological polar surface area (TPSA) is 134 Å². The van der Waals surface area contributed by atoms with Gasteiger partial charge in [-0.15, -0.1) is 0 Å². The van der Waals surface area contributed by atoms with Crippen LogP contribution in [0.2, 0.25) is 0 Å². The molecule has 2 N–H and O–H groups in total. The summed E-state index contributed by atoms with van der Waals surface area (Å²) in [6.45, 7) is 3.42. The Balaban J connectivity index is 1.85. The number of carbonyl (C=O) groups excluding carboxylic acids is 1. The summed E-state index contributed by atoms with van der Waals surface area (Å²) in [5.41, 5.74) is 4.53. The number of fused-ring (bicyclic) bond motifs is 2. The number of pyridine rings is 2. The minimum atomic E-state index is -4.62. The van der Waals surface area contributed by atoms with Crippen molar-refractivity contribution in [1.29, 1.82) is 0 Å². The van der Waals surface area contributed by atoms with Gasteiger partial charge in [0.2, 0.25) is 0 Å². The monoisotopic (exact) mass is 522 g/mol. The first-order valence-electron chi connectivity index (χ1n) is 10.9. The van der Waals surface area contributed by atoms with Crippen molar-refractivity contribution in [2.24, 2.45) is 12.8 Å². The number of ether oxygens (including phenoxy) is 1. The van der Waals surface area contributed by atoms with Gasteiger partial charge < -0.3 is 15.0 Å². The third-order valence-electron chi connectivity index (χ3n) is 6.41. The van der Waals surface area contributed by atoms with E-state index in [1.807, 2.05) is 6.92 Å². The summed E-state index contributed by atoms with van der Waals surface area (Å²) in [6.07, 6.45) is -3.44. The first kappa shape index (κ1) is 24.0. The molecule has 0 bridgehead atoms. The first-order chi connectivity index (χ1) is 16.7. The number of nitrogens with two attached hydrogens (primary N) is 1. The molecule has 0 aliphatic heterocycles. The minimum absolute atomic E-state index is 0.0248. The molecule has 4 aromatic rings. The van der Waals surface area contributed by atoms with Crippen molar-refractivity contribution < 1.29 is 31.1 Å². The third kappa shape index (κ3) is 3.75. The molecule has 1 saturated carbocycles. The van der Waals surface area contributed by atoms with Crippen molar-refractivity contribution in [3.05, 3.63) is 35.7 Å². The Morgan fingerprint density at radius 1 is 1.22 bits per heavy atom. The average molecular weight is 523 g/mol. The van der Waals surface area contributed by atoms with E-state index >= 15 is 0 Å². The van der Waals surface area contributed by atoms with Crippen LogP contribution in [-0.2, 0) is 28.5 Å². The number of halogens is 3. The van der Waals surface area contributed by atoms with E-state index in [1.54, 1.807) is 6.07 Å². The Morgan fingerprint density at radius 2 is 1.92 bits per heavy atom. The fourth-order valence-corrected chi connectivity index (χ4v) is 5.37. The predicted octanol–water partition coefficient (Wildman–Crippen LogP) is 3.60. The van der Waals surface area contributed by atoms with E-state index in [2.05, 4.69) is 15.0 Å². The Bertz CT molecular complexity index is 1670. The summed E-state index contributed by atoms with van der Waals surface area (Å²) in [5, 5.41) is -0.150. The first-order valence-corrected chi connectivity index (χ1v) is 12.6. The smallest absolute Gasteiger partial charge is 0.410 e. The Kier molecular flexibility index (Phi) is 5.11. The van der Waals surface area contributed by atoms with Crippen LogP contribution in [0.25, 0.3) is 28.3 Å². The van der Waals surface area contributed by atoms with E-state index in [1.165, 1.54) is 29.0 Å². The molecular formula is C22H21F3N6O4S. The molecule has 5 rings (SSSR count). The number of rotatable bonds is 5. The molecule has 0 radical (unpaired) electrons. The number of primary amides is 1. The molecule has 1 aliphatic rings. The Labute approximate surface area is 202 Å².